The van der Waals surface area contributed by atoms with Gasteiger partial charge in [-0.2, -0.15) is 0 Å². The van der Waals surface area contributed by atoms with Gasteiger partial charge in [0.15, 0.2) is 11.0 Å². The van der Waals surface area contributed by atoms with Gasteiger partial charge < -0.3 is 4.57 Å². The summed E-state index contributed by atoms with van der Waals surface area (Å²) in [4.78, 5) is 11.8. The molecule has 0 aliphatic carbocycles. The number of benzene rings is 1. The first kappa shape index (κ1) is 15.6. The van der Waals surface area contributed by atoms with Crippen molar-refractivity contribution in [3.63, 3.8) is 0 Å². The van der Waals surface area contributed by atoms with Crippen LogP contribution in [0.15, 0.2) is 34.9 Å². The topological polar surface area (TPSA) is 85.6 Å². The number of hydrogen-bond donors (Lipinski definition) is 1. The Morgan fingerprint density at radius 2 is 2.17 bits per heavy atom. The summed E-state index contributed by atoms with van der Waals surface area (Å²) in [5.74, 6) is -0.0334. The summed E-state index contributed by atoms with van der Waals surface area (Å²) in [5, 5.41) is 19.0. The fourth-order valence-electron chi connectivity index (χ4n) is 1.83. The van der Waals surface area contributed by atoms with Gasteiger partial charge in [-0.15, -0.1) is 20.4 Å². The second-order valence-corrected chi connectivity index (χ2v) is 6.20. The Kier molecular flexibility index (Phi) is 4.63. The van der Waals surface area contributed by atoms with Crippen molar-refractivity contribution in [3.8, 4) is 11.4 Å². The van der Waals surface area contributed by atoms with E-state index in [1.54, 1.807) is 29.8 Å². The average Bonchev–Trinajstić information content (AvgIpc) is 3.16. The Hall–Kier alpha value is -2.33. The number of anilines is 1. The van der Waals surface area contributed by atoms with Crippen molar-refractivity contribution < 1.29 is 9.18 Å². The molecule has 0 radical (unpaired) electrons. The number of rotatable bonds is 5. The molecule has 23 heavy (non-hydrogen) atoms. The van der Waals surface area contributed by atoms with E-state index >= 15 is 0 Å². The van der Waals surface area contributed by atoms with Crippen LogP contribution in [0.3, 0.4) is 0 Å². The molecule has 3 rings (SSSR count). The summed E-state index contributed by atoms with van der Waals surface area (Å²) in [6.07, 6.45) is 0. The van der Waals surface area contributed by atoms with E-state index in [2.05, 4.69) is 25.7 Å². The molecule has 0 aliphatic heterocycles. The molecule has 2 aromatic heterocycles. The van der Waals surface area contributed by atoms with Crippen LogP contribution in [-0.4, -0.2) is 36.6 Å². The molecule has 0 saturated carbocycles. The third-order valence-electron chi connectivity index (χ3n) is 2.89. The van der Waals surface area contributed by atoms with Gasteiger partial charge in [0.05, 0.1) is 11.3 Å². The van der Waals surface area contributed by atoms with Crippen LogP contribution >= 0.6 is 23.1 Å². The van der Waals surface area contributed by atoms with Gasteiger partial charge in [-0.25, -0.2) is 4.39 Å². The zero-order valence-corrected chi connectivity index (χ0v) is 13.6. The van der Waals surface area contributed by atoms with Crippen LogP contribution in [0.25, 0.3) is 11.4 Å². The van der Waals surface area contributed by atoms with Crippen LogP contribution < -0.4 is 5.32 Å². The van der Waals surface area contributed by atoms with E-state index in [1.807, 2.05) is 0 Å². The molecule has 0 aliphatic rings. The summed E-state index contributed by atoms with van der Waals surface area (Å²) < 4.78 is 15.5. The Balaban J connectivity index is 1.68. The van der Waals surface area contributed by atoms with Gasteiger partial charge in [-0.05, 0) is 12.1 Å². The second-order valence-electron chi connectivity index (χ2n) is 4.43. The molecule has 7 nitrogen and oxygen atoms in total. The van der Waals surface area contributed by atoms with Crippen LogP contribution in [0.1, 0.15) is 0 Å². The maximum Gasteiger partial charge on any atom is 0.236 e. The highest BCUT2D eigenvalue weighted by atomic mass is 32.2. The Labute approximate surface area is 139 Å². The highest BCUT2D eigenvalue weighted by Crippen LogP contribution is 2.24. The molecule has 0 spiro atoms. The molecule has 0 unspecified atom stereocenters. The van der Waals surface area contributed by atoms with Gasteiger partial charge in [0.2, 0.25) is 11.0 Å². The Morgan fingerprint density at radius 1 is 1.35 bits per heavy atom. The highest BCUT2D eigenvalue weighted by Gasteiger charge is 2.15. The number of aromatic nitrogens is 5. The molecule has 0 fully saturated rings. The maximum atomic E-state index is 13.8. The van der Waals surface area contributed by atoms with Crippen molar-refractivity contribution in [3.05, 3.63) is 35.6 Å². The first-order valence-electron chi connectivity index (χ1n) is 6.48. The van der Waals surface area contributed by atoms with Gasteiger partial charge in [-0.3, -0.25) is 10.1 Å². The SMILES string of the molecule is Cn1c(SCC(=O)Nc2nncs2)nnc1-c1ccccc1F. The highest BCUT2D eigenvalue weighted by molar-refractivity contribution is 7.99. The predicted octanol–water partition coefficient (Wildman–Crippen LogP) is 2.20. The van der Waals surface area contributed by atoms with Crippen molar-refractivity contribution in [2.45, 2.75) is 5.16 Å². The summed E-state index contributed by atoms with van der Waals surface area (Å²) in [6.45, 7) is 0. The van der Waals surface area contributed by atoms with Gasteiger partial charge in [0.1, 0.15) is 11.3 Å². The number of hydrogen-bond acceptors (Lipinski definition) is 7. The molecule has 3 aromatic rings. The lowest BCUT2D eigenvalue weighted by atomic mass is 10.2. The van der Waals surface area contributed by atoms with Crippen LogP contribution in [0, 0.1) is 5.82 Å². The summed E-state index contributed by atoms with van der Waals surface area (Å²) in [5.41, 5.74) is 1.90. The molecule has 10 heteroatoms. The van der Waals surface area contributed by atoms with Crippen molar-refractivity contribution in [1.29, 1.82) is 0 Å². The monoisotopic (exact) mass is 350 g/mol. The summed E-state index contributed by atoms with van der Waals surface area (Å²) in [7, 11) is 1.73. The average molecular weight is 350 g/mol. The third kappa shape index (κ3) is 3.54. The third-order valence-corrected chi connectivity index (χ3v) is 4.52. The second kappa shape index (κ2) is 6.84. The maximum absolute atomic E-state index is 13.8. The fraction of sp³-hybridized carbons (Fsp3) is 0.154. The van der Waals surface area contributed by atoms with Gasteiger partial charge in [0, 0.05) is 7.05 Å². The molecule has 118 valence electrons. The lowest BCUT2D eigenvalue weighted by Gasteiger charge is -2.04. The first-order chi connectivity index (χ1) is 11.1. The lowest BCUT2D eigenvalue weighted by molar-refractivity contribution is -0.113. The molecule has 0 bridgehead atoms. The lowest BCUT2D eigenvalue weighted by Crippen LogP contribution is -2.14. The zero-order chi connectivity index (χ0) is 16.2. The Bertz CT molecular complexity index is 820. The van der Waals surface area contributed by atoms with Gasteiger partial charge in [-0.1, -0.05) is 35.2 Å². The quantitative estimate of drug-likeness (QED) is 0.710. The zero-order valence-electron chi connectivity index (χ0n) is 11.9. The van der Waals surface area contributed by atoms with E-state index in [0.29, 0.717) is 21.7 Å². The van der Waals surface area contributed by atoms with Crippen molar-refractivity contribution in [1.82, 2.24) is 25.0 Å². The molecule has 1 amide bonds. The van der Waals surface area contributed by atoms with Crippen LogP contribution in [0.2, 0.25) is 0 Å². The number of carbonyl (C=O) groups excluding carboxylic acids is 1. The van der Waals surface area contributed by atoms with E-state index in [-0.39, 0.29) is 17.5 Å². The van der Waals surface area contributed by atoms with Crippen LogP contribution in [-0.2, 0) is 11.8 Å². The molecule has 1 N–H and O–H groups in total. The van der Waals surface area contributed by atoms with Crippen molar-refractivity contribution in [2.24, 2.45) is 7.05 Å². The number of carbonyl (C=O) groups is 1. The van der Waals surface area contributed by atoms with Crippen molar-refractivity contribution >= 4 is 34.1 Å². The van der Waals surface area contributed by atoms with Crippen LogP contribution in [0.4, 0.5) is 9.52 Å². The number of thioether (sulfide) groups is 1. The van der Waals surface area contributed by atoms with E-state index in [4.69, 9.17) is 0 Å². The minimum Gasteiger partial charge on any atom is -0.305 e. The number of nitrogens with zero attached hydrogens (tertiary/aromatic N) is 5. The van der Waals surface area contributed by atoms with E-state index in [0.717, 1.165) is 0 Å². The van der Waals surface area contributed by atoms with Gasteiger partial charge in [0.25, 0.3) is 0 Å². The fourth-order valence-corrected chi connectivity index (χ4v) is 3.00. The smallest absolute Gasteiger partial charge is 0.236 e. The number of amides is 1. The number of nitrogens with one attached hydrogen (secondary N) is 1. The Morgan fingerprint density at radius 3 is 2.91 bits per heavy atom. The molecular formula is C13H11FN6OS2. The minimum atomic E-state index is -0.367. The molecule has 0 atom stereocenters. The van der Waals surface area contributed by atoms with E-state index < -0.39 is 0 Å². The molecule has 2 heterocycles. The molecular weight excluding hydrogens is 339 g/mol. The van der Waals surface area contributed by atoms with Crippen LogP contribution in [0.5, 0.6) is 0 Å². The minimum absolute atomic E-state index is 0.142. The largest absolute Gasteiger partial charge is 0.305 e. The normalized spacial score (nSPS) is 10.7. The first-order valence-corrected chi connectivity index (χ1v) is 8.35. The molecule has 0 saturated heterocycles. The van der Waals surface area contributed by atoms with Crippen molar-refractivity contribution in [2.75, 3.05) is 11.1 Å². The summed E-state index contributed by atoms with van der Waals surface area (Å²) >= 11 is 2.45. The van der Waals surface area contributed by atoms with Gasteiger partial charge >= 0.3 is 0 Å². The van der Waals surface area contributed by atoms with E-state index in [1.165, 1.54) is 34.7 Å². The number of halogens is 1. The predicted molar refractivity (Wildman–Crippen MR) is 85.7 cm³/mol. The molecule has 1 aromatic carbocycles. The standard InChI is InChI=1S/C13H11FN6OS2/c1-20-11(8-4-2-3-5-9(8)14)17-19-13(20)22-6-10(21)16-12-18-15-7-23-12/h2-5,7H,6H2,1H3,(H,16,18,21). The van der Waals surface area contributed by atoms with E-state index in [9.17, 15) is 9.18 Å². The summed E-state index contributed by atoms with van der Waals surface area (Å²) in [6, 6.07) is 6.35.